The fourth-order valence-corrected chi connectivity index (χ4v) is 3.34. The summed E-state index contributed by atoms with van der Waals surface area (Å²) in [6, 6.07) is 10.6. The van der Waals surface area contributed by atoms with Crippen molar-refractivity contribution in [1.29, 1.82) is 0 Å². The summed E-state index contributed by atoms with van der Waals surface area (Å²) in [5.74, 6) is 1.20. The molecule has 6 heteroatoms. The number of carbonyl (C=O) groups is 1. The highest BCUT2D eigenvalue weighted by molar-refractivity contribution is 7.99. The molecule has 0 saturated carbocycles. The largest absolute Gasteiger partial charge is 0.480 e. The average molecular weight is 310 g/mol. The summed E-state index contributed by atoms with van der Waals surface area (Å²) in [5.41, 5.74) is 0.943. The van der Waals surface area contributed by atoms with Crippen LogP contribution in [0.15, 0.2) is 40.8 Å². The van der Waals surface area contributed by atoms with Crippen molar-refractivity contribution in [2.45, 2.75) is 11.4 Å². The maximum atomic E-state index is 10.9. The average Bonchev–Trinajstić information content (AvgIpc) is 3.08. The molecule has 1 aliphatic heterocycles. The molecule has 2 heterocycles. The predicted molar refractivity (Wildman–Crippen MR) is 78.9 cm³/mol. The number of furan rings is 1. The van der Waals surface area contributed by atoms with Gasteiger partial charge in [-0.05, 0) is 36.4 Å². The fraction of sp³-hybridized carbons (Fsp3) is 0.214. The van der Waals surface area contributed by atoms with Crippen LogP contribution in [0.25, 0.3) is 11.3 Å². The maximum Gasteiger partial charge on any atom is 0.321 e. The quantitative estimate of drug-likeness (QED) is 0.910. The standard InChI is InChI=1S/C14H12ClNO3S/c15-9-3-1-8(2-4-9)11-5-6-12(19-11)13-16-10(7-20-13)14(17)18/h1-6,10,13,16H,7H2,(H,17,18). The van der Waals surface area contributed by atoms with Crippen LogP contribution >= 0.6 is 23.4 Å². The zero-order valence-corrected chi connectivity index (χ0v) is 11.9. The topological polar surface area (TPSA) is 62.5 Å². The highest BCUT2D eigenvalue weighted by Gasteiger charge is 2.32. The number of thioether (sulfide) groups is 1. The molecule has 0 bridgehead atoms. The Hall–Kier alpha value is -1.43. The second-order valence-corrected chi connectivity index (χ2v) is 6.05. The van der Waals surface area contributed by atoms with Gasteiger partial charge in [0.05, 0.1) is 0 Å². The molecule has 2 atom stereocenters. The monoisotopic (exact) mass is 309 g/mol. The minimum absolute atomic E-state index is 0.114. The number of carboxylic acids is 1. The van der Waals surface area contributed by atoms with Crippen LogP contribution in [0.5, 0.6) is 0 Å². The van der Waals surface area contributed by atoms with Crippen molar-refractivity contribution in [1.82, 2.24) is 5.32 Å². The number of benzene rings is 1. The van der Waals surface area contributed by atoms with E-state index in [0.29, 0.717) is 10.8 Å². The molecule has 2 N–H and O–H groups in total. The Labute approximate surface area is 125 Å². The first-order valence-corrected chi connectivity index (χ1v) is 7.52. The van der Waals surface area contributed by atoms with E-state index in [4.69, 9.17) is 21.1 Å². The molecule has 1 saturated heterocycles. The smallest absolute Gasteiger partial charge is 0.321 e. The van der Waals surface area contributed by atoms with Crippen LogP contribution in [0.1, 0.15) is 11.1 Å². The number of rotatable bonds is 3. The highest BCUT2D eigenvalue weighted by atomic mass is 35.5. The van der Waals surface area contributed by atoms with E-state index in [0.717, 1.165) is 17.1 Å². The SMILES string of the molecule is O=C(O)C1CSC(c2ccc(-c3ccc(Cl)cc3)o2)N1. The summed E-state index contributed by atoms with van der Waals surface area (Å²) in [7, 11) is 0. The first-order chi connectivity index (χ1) is 9.63. The minimum Gasteiger partial charge on any atom is -0.480 e. The molecule has 2 aromatic rings. The summed E-state index contributed by atoms with van der Waals surface area (Å²) < 4.78 is 5.80. The number of halogens is 1. The number of carboxylic acid groups (broad SMARTS) is 1. The highest BCUT2D eigenvalue weighted by Crippen LogP contribution is 2.35. The second-order valence-electron chi connectivity index (χ2n) is 4.48. The van der Waals surface area contributed by atoms with E-state index in [9.17, 15) is 4.79 Å². The third-order valence-electron chi connectivity index (χ3n) is 3.09. The Bertz CT molecular complexity index is 626. The van der Waals surface area contributed by atoms with Crippen molar-refractivity contribution in [2.24, 2.45) is 0 Å². The molecule has 0 radical (unpaired) electrons. The Kier molecular flexibility index (Phi) is 3.74. The van der Waals surface area contributed by atoms with Crippen LogP contribution in [0.4, 0.5) is 0 Å². The molecular formula is C14H12ClNO3S. The van der Waals surface area contributed by atoms with E-state index in [1.165, 1.54) is 11.8 Å². The Morgan fingerprint density at radius 3 is 2.70 bits per heavy atom. The lowest BCUT2D eigenvalue weighted by Crippen LogP contribution is -2.33. The molecule has 0 aliphatic carbocycles. The number of hydrogen-bond donors (Lipinski definition) is 2. The van der Waals surface area contributed by atoms with Crippen LogP contribution in [0.3, 0.4) is 0 Å². The van der Waals surface area contributed by atoms with Crippen LogP contribution in [0.2, 0.25) is 5.02 Å². The zero-order chi connectivity index (χ0) is 14.1. The number of nitrogens with one attached hydrogen (secondary N) is 1. The van der Waals surface area contributed by atoms with Crippen molar-refractivity contribution >= 4 is 29.3 Å². The Morgan fingerprint density at radius 1 is 1.30 bits per heavy atom. The van der Waals surface area contributed by atoms with Gasteiger partial charge in [0, 0.05) is 16.3 Å². The van der Waals surface area contributed by atoms with Gasteiger partial charge in [-0.2, -0.15) is 0 Å². The van der Waals surface area contributed by atoms with Crippen LogP contribution in [-0.4, -0.2) is 22.9 Å². The van der Waals surface area contributed by atoms with Gasteiger partial charge in [0.15, 0.2) is 0 Å². The molecule has 3 rings (SSSR count). The number of hydrogen-bond acceptors (Lipinski definition) is 4. The van der Waals surface area contributed by atoms with Gasteiger partial charge in [0.2, 0.25) is 0 Å². The molecule has 104 valence electrons. The van der Waals surface area contributed by atoms with E-state index in [2.05, 4.69) is 5.32 Å². The lowest BCUT2D eigenvalue weighted by atomic mass is 10.2. The second kappa shape index (κ2) is 5.52. The van der Waals surface area contributed by atoms with Gasteiger partial charge in [-0.25, -0.2) is 0 Å². The summed E-state index contributed by atoms with van der Waals surface area (Å²) in [6.45, 7) is 0. The van der Waals surface area contributed by atoms with Crippen molar-refractivity contribution in [3.8, 4) is 11.3 Å². The molecule has 1 aliphatic rings. The molecule has 0 spiro atoms. The van der Waals surface area contributed by atoms with Crippen molar-refractivity contribution in [3.63, 3.8) is 0 Å². The van der Waals surface area contributed by atoms with Crippen molar-refractivity contribution < 1.29 is 14.3 Å². The summed E-state index contributed by atoms with van der Waals surface area (Å²) in [5, 5.41) is 12.6. The van der Waals surface area contributed by atoms with E-state index in [1.54, 1.807) is 0 Å². The third kappa shape index (κ3) is 2.70. The van der Waals surface area contributed by atoms with Gasteiger partial charge in [0.25, 0.3) is 0 Å². The van der Waals surface area contributed by atoms with Crippen LogP contribution in [-0.2, 0) is 4.79 Å². The van der Waals surface area contributed by atoms with E-state index < -0.39 is 12.0 Å². The molecule has 4 nitrogen and oxygen atoms in total. The van der Waals surface area contributed by atoms with Crippen LogP contribution < -0.4 is 5.32 Å². The number of aliphatic carboxylic acids is 1. The first-order valence-electron chi connectivity index (χ1n) is 6.09. The summed E-state index contributed by atoms with van der Waals surface area (Å²) in [6.07, 6.45) is 0. The molecule has 0 amide bonds. The van der Waals surface area contributed by atoms with Gasteiger partial charge in [-0.15, -0.1) is 11.8 Å². The van der Waals surface area contributed by atoms with Gasteiger partial charge in [0.1, 0.15) is 22.9 Å². The zero-order valence-electron chi connectivity index (χ0n) is 10.4. The molecule has 2 unspecified atom stereocenters. The maximum absolute atomic E-state index is 10.9. The Balaban J connectivity index is 1.77. The summed E-state index contributed by atoms with van der Waals surface area (Å²) in [4.78, 5) is 10.9. The van der Waals surface area contributed by atoms with E-state index in [-0.39, 0.29) is 5.37 Å². The van der Waals surface area contributed by atoms with Gasteiger partial charge >= 0.3 is 5.97 Å². The van der Waals surface area contributed by atoms with Gasteiger partial charge in [-0.3, -0.25) is 10.1 Å². The van der Waals surface area contributed by atoms with Crippen molar-refractivity contribution in [2.75, 3.05) is 5.75 Å². The minimum atomic E-state index is -0.829. The fourth-order valence-electron chi connectivity index (χ4n) is 2.04. The van der Waals surface area contributed by atoms with Crippen LogP contribution in [0, 0.1) is 0 Å². The van der Waals surface area contributed by atoms with E-state index >= 15 is 0 Å². The van der Waals surface area contributed by atoms with Crippen molar-refractivity contribution in [3.05, 3.63) is 47.2 Å². The lowest BCUT2D eigenvalue weighted by molar-refractivity contribution is -0.138. The van der Waals surface area contributed by atoms with E-state index in [1.807, 2.05) is 36.4 Å². The molecule has 1 fully saturated rings. The summed E-state index contributed by atoms with van der Waals surface area (Å²) >= 11 is 7.39. The predicted octanol–water partition coefficient (Wildman–Crippen LogP) is 3.39. The van der Waals surface area contributed by atoms with Gasteiger partial charge in [-0.1, -0.05) is 11.6 Å². The molecule has 20 heavy (non-hydrogen) atoms. The first kappa shape index (κ1) is 13.5. The third-order valence-corrected chi connectivity index (χ3v) is 4.57. The lowest BCUT2D eigenvalue weighted by Gasteiger charge is -2.07. The normalized spacial score (nSPS) is 22.1. The van der Waals surface area contributed by atoms with Gasteiger partial charge < -0.3 is 9.52 Å². The Morgan fingerprint density at radius 2 is 2.05 bits per heavy atom. The molecule has 1 aromatic heterocycles. The molecular weight excluding hydrogens is 298 g/mol. The molecule has 1 aromatic carbocycles.